The molecule has 1 aliphatic heterocycles. The number of rotatable bonds is 6. The number of likely N-dealkylation sites (tertiary alicyclic amines) is 1. The van der Waals surface area contributed by atoms with Crippen LogP contribution in [0.4, 0.5) is 0 Å². The molecular weight excluding hydrogens is 353 g/mol. The van der Waals surface area contributed by atoms with Crippen LogP contribution in [0.25, 0.3) is 0 Å². The van der Waals surface area contributed by atoms with Crippen LogP contribution in [0, 0.1) is 5.92 Å². The van der Waals surface area contributed by atoms with Crippen molar-refractivity contribution in [3.8, 4) is 0 Å². The van der Waals surface area contributed by atoms with Gasteiger partial charge in [-0.1, -0.05) is 6.07 Å². The van der Waals surface area contributed by atoms with E-state index in [1.807, 2.05) is 36.2 Å². The van der Waals surface area contributed by atoms with E-state index in [0.29, 0.717) is 12.3 Å². The Morgan fingerprint density at radius 1 is 1.48 bits per heavy atom. The van der Waals surface area contributed by atoms with Crippen LogP contribution in [0.15, 0.2) is 24.4 Å². The number of nitrogens with two attached hydrogens (primary N) is 1. The van der Waals surface area contributed by atoms with Gasteiger partial charge in [-0.05, 0) is 37.8 Å². The van der Waals surface area contributed by atoms with Crippen LogP contribution in [-0.2, 0) is 10.5 Å². The van der Waals surface area contributed by atoms with Crippen molar-refractivity contribution in [2.45, 2.75) is 38.0 Å². The highest BCUT2D eigenvalue weighted by Crippen LogP contribution is 2.20. The summed E-state index contributed by atoms with van der Waals surface area (Å²) in [5, 5.41) is 0. The first-order chi connectivity index (χ1) is 10.2. The lowest BCUT2D eigenvalue weighted by atomic mass is 9.92. The summed E-state index contributed by atoms with van der Waals surface area (Å²) in [7, 11) is 0. The van der Waals surface area contributed by atoms with E-state index in [2.05, 4.69) is 4.98 Å². The van der Waals surface area contributed by atoms with Crippen molar-refractivity contribution in [1.82, 2.24) is 9.88 Å². The van der Waals surface area contributed by atoms with Gasteiger partial charge in [0.15, 0.2) is 0 Å². The Morgan fingerprint density at radius 2 is 2.26 bits per heavy atom. The van der Waals surface area contributed by atoms with Crippen molar-refractivity contribution >= 4 is 42.5 Å². The first kappa shape index (κ1) is 22.5. The van der Waals surface area contributed by atoms with Crippen molar-refractivity contribution in [1.29, 1.82) is 0 Å². The first-order valence-electron chi connectivity index (χ1n) is 7.68. The SMILES string of the molecule is CC(N)C1CCCN(C(=O)CCSCc2ccccn2)C1.Cl.Cl. The maximum atomic E-state index is 12.2. The van der Waals surface area contributed by atoms with Crippen LogP contribution in [-0.4, -0.2) is 40.7 Å². The van der Waals surface area contributed by atoms with Gasteiger partial charge in [0.1, 0.15) is 0 Å². The Kier molecular flexibility index (Phi) is 11.7. The molecule has 1 saturated heterocycles. The van der Waals surface area contributed by atoms with Crippen LogP contribution in [0.2, 0.25) is 0 Å². The Labute approximate surface area is 155 Å². The topological polar surface area (TPSA) is 59.2 Å². The summed E-state index contributed by atoms with van der Waals surface area (Å²) in [6.45, 7) is 3.77. The van der Waals surface area contributed by atoms with Crippen molar-refractivity contribution in [2.75, 3.05) is 18.8 Å². The number of halogens is 2. The van der Waals surface area contributed by atoms with E-state index in [-0.39, 0.29) is 36.8 Å². The minimum absolute atomic E-state index is 0. The van der Waals surface area contributed by atoms with E-state index < -0.39 is 0 Å². The summed E-state index contributed by atoms with van der Waals surface area (Å²) in [5.74, 6) is 2.46. The minimum Gasteiger partial charge on any atom is -0.342 e. The quantitative estimate of drug-likeness (QED) is 0.771. The summed E-state index contributed by atoms with van der Waals surface area (Å²) in [6.07, 6.45) is 4.65. The van der Waals surface area contributed by atoms with E-state index in [0.717, 1.165) is 43.1 Å². The molecule has 1 aliphatic rings. The third kappa shape index (κ3) is 7.75. The maximum absolute atomic E-state index is 12.2. The molecule has 23 heavy (non-hydrogen) atoms. The Balaban J connectivity index is 0.00000242. The molecule has 1 amide bonds. The van der Waals surface area contributed by atoms with Gasteiger partial charge < -0.3 is 10.6 Å². The zero-order chi connectivity index (χ0) is 15.1. The highest BCUT2D eigenvalue weighted by atomic mass is 35.5. The average molecular weight is 380 g/mol. The Morgan fingerprint density at radius 3 is 2.91 bits per heavy atom. The fraction of sp³-hybridized carbons (Fsp3) is 0.625. The zero-order valence-electron chi connectivity index (χ0n) is 13.5. The predicted molar refractivity (Wildman–Crippen MR) is 102 cm³/mol. The van der Waals surface area contributed by atoms with E-state index >= 15 is 0 Å². The molecule has 1 fully saturated rings. The van der Waals surface area contributed by atoms with Crippen molar-refractivity contribution in [3.63, 3.8) is 0 Å². The molecule has 0 radical (unpaired) electrons. The lowest BCUT2D eigenvalue weighted by Gasteiger charge is -2.34. The summed E-state index contributed by atoms with van der Waals surface area (Å²) < 4.78 is 0. The average Bonchev–Trinajstić information content (AvgIpc) is 2.52. The largest absolute Gasteiger partial charge is 0.342 e. The molecule has 4 nitrogen and oxygen atoms in total. The molecular formula is C16H27Cl2N3OS. The van der Waals surface area contributed by atoms with Gasteiger partial charge in [0.2, 0.25) is 5.91 Å². The highest BCUT2D eigenvalue weighted by molar-refractivity contribution is 7.98. The van der Waals surface area contributed by atoms with Crippen LogP contribution < -0.4 is 5.73 Å². The van der Waals surface area contributed by atoms with Gasteiger partial charge in [0, 0.05) is 43.3 Å². The second kappa shape index (κ2) is 12.0. The first-order valence-corrected chi connectivity index (χ1v) is 8.83. The molecule has 0 saturated carbocycles. The molecule has 2 heterocycles. The molecule has 2 unspecified atom stereocenters. The molecule has 2 rings (SSSR count). The highest BCUT2D eigenvalue weighted by Gasteiger charge is 2.25. The summed E-state index contributed by atoms with van der Waals surface area (Å²) in [5.41, 5.74) is 7.04. The van der Waals surface area contributed by atoms with E-state index in [4.69, 9.17) is 5.73 Å². The Hall–Kier alpha value is -0.490. The van der Waals surface area contributed by atoms with Gasteiger partial charge in [-0.25, -0.2) is 0 Å². The summed E-state index contributed by atoms with van der Waals surface area (Å²) in [4.78, 5) is 18.5. The normalized spacial score (nSPS) is 18.5. The standard InChI is InChI=1S/C16H25N3OS.2ClH/c1-13(17)14-5-4-9-19(11-14)16(20)7-10-21-12-15-6-2-3-8-18-15;;/h2-3,6,8,13-14H,4-5,7,9-12,17H2,1H3;2*1H. The van der Waals surface area contributed by atoms with E-state index in [1.165, 1.54) is 0 Å². The van der Waals surface area contributed by atoms with Crippen LogP contribution >= 0.6 is 36.6 Å². The molecule has 2 N–H and O–H groups in total. The monoisotopic (exact) mass is 379 g/mol. The molecule has 132 valence electrons. The number of aromatic nitrogens is 1. The van der Waals surface area contributed by atoms with E-state index in [9.17, 15) is 4.79 Å². The van der Waals surface area contributed by atoms with Gasteiger partial charge in [0.05, 0.1) is 5.69 Å². The van der Waals surface area contributed by atoms with Gasteiger partial charge in [-0.2, -0.15) is 11.8 Å². The maximum Gasteiger partial charge on any atom is 0.223 e. The predicted octanol–water partition coefficient (Wildman–Crippen LogP) is 3.13. The van der Waals surface area contributed by atoms with Crippen LogP contribution in [0.5, 0.6) is 0 Å². The van der Waals surface area contributed by atoms with Crippen molar-refractivity contribution < 1.29 is 4.79 Å². The van der Waals surface area contributed by atoms with Crippen molar-refractivity contribution in [3.05, 3.63) is 30.1 Å². The smallest absolute Gasteiger partial charge is 0.223 e. The second-order valence-electron chi connectivity index (χ2n) is 5.72. The van der Waals surface area contributed by atoms with Gasteiger partial charge in [-0.3, -0.25) is 9.78 Å². The lowest BCUT2D eigenvalue weighted by Crippen LogP contribution is -2.45. The number of carbonyl (C=O) groups excluding carboxylic acids is 1. The number of nitrogens with zero attached hydrogens (tertiary/aromatic N) is 2. The number of piperidine rings is 1. The van der Waals surface area contributed by atoms with Gasteiger partial charge >= 0.3 is 0 Å². The van der Waals surface area contributed by atoms with Crippen molar-refractivity contribution in [2.24, 2.45) is 11.7 Å². The molecule has 0 aliphatic carbocycles. The molecule has 0 bridgehead atoms. The summed E-state index contributed by atoms with van der Waals surface area (Å²) >= 11 is 1.77. The number of thioether (sulfide) groups is 1. The molecule has 7 heteroatoms. The minimum atomic E-state index is 0. The molecule has 0 spiro atoms. The number of amides is 1. The van der Waals surface area contributed by atoms with Crippen LogP contribution in [0.1, 0.15) is 31.9 Å². The fourth-order valence-electron chi connectivity index (χ4n) is 2.64. The number of carbonyl (C=O) groups is 1. The van der Waals surface area contributed by atoms with Crippen LogP contribution in [0.3, 0.4) is 0 Å². The molecule has 1 aromatic rings. The third-order valence-corrected chi connectivity index (χ3v) is 4.98. The Bertz CT molecular complexity index is 448. The molecule has 1 aromatic heterocycles. The number of hydrogen-bond acceptors (Lipinski definition) is 4. The van der Waals surface area contributed by atoms with Gasteiger partial charge in [0.25, 0.3) is 0 Å². The third-order valence-electron chi connectivity index (χ3n) is 3.99. The zero-order valence-corrected chi connectivity index (χ0v) is 16.0. The second-order valence-corrected chi connectivity index (χ2v) is 6.83. The van der Waals surface area contributed by atoms with E-state index in [1.54, 1.807) is 11.8 Å². The van der Waals surface area contributed by atoms with Gasteiger partial charge in [-0.15, -0.1) is 24.8 Å². The lowest BCUT2D eigenvalue weighted by molar-refractivity contribution is -0.132. The fourth-order valence-corrected chi connectivity index (χ4v) is 3.49. The summed E-state index contributed by atoms with van der Waals surface area (Å²) in [6, 6.07) is 6.12. The number of pyridine rings is 1. The number of hydrogen-bond donors (Lipinski definition) is 1. The molecule has 0 aromatic carbocycles. The molecule has 2 atom stereocenters.